The molecule has 15 heavy (non-hydrogen) atoms. The number of rotatable bonds is 3. The zero-order chi connectivity index (χ0) is 11.5. The summed E-state index contributed by atoms with van der Waals surface area (Å²) in [5.41, 5.74) is 0.663. The molecule has 0 amide bonds. The lowest BCUT2D eigenvalue weighted by molar-refractivity contribution is -0.274. The fraction of sp³-hybridized carbons (Fsp3) is 0.300. The second-order valence-corrected chi connectivity index (χ2v) is 2.85. The standard InChI is InChI=1S/C10H10F3O2/c1-2-8-7(6-14)4-3-5-9(8)15-10(11,12)13/h3-6,14H,2H2,1H3. The van der Waals surface area contributed by atoms with E-state index in [0.29, 0.717) is 17.5 Å². The number of aliphatic hydroxyl groups is 1. The average Bonchev–Trinajstić information content (AvgIpc) is 2.15. The summed E-state index contributed by atoms with van der Waals surface area (Å²) >= 11 is 0. The Morgan fingerprint density at radius 2 is 2.07 bits per heavy atom. The molecular formula is C10H10F3O2. The van der Waals surface area contributed by atoms with Crippen molar-refractivity contribution in [3.63, 3.8) is 0 Å². The molecule has 0 aromatic heterocycles. The van der Waals surface area contributed by atoms with Gasteiger partial charge in [-0.25, -0.2) is 0 Å². The maximum Gasteiger partial charge on any atom is 0.573 e. The van der Waals surface area contributed by atoms with Crippen molar-refractivity contribution in [3.05, 3.63) is 35.9 Å². The number of ether oxygens (including phenoxy) is 1. The van der Waals surface area contributed by atoms with Crippen molar-refractivity contribution in [1.29, 1.82) is 0 Å². The first-order valence-corrected chi connectivity index (χ1v) is 4.33. The smallest absolute Gasteiger partial charge is 0.405 e. The van der Waals surface area contributed by atoms with Gasteiger partial charge in [0.25, 0.3) is 0 Å². The molecule has 0 fully saturated rings. The Morgan fingerprint density at radius 3 is 2.53 bits per heavy atom. The van der Waals surface area contributed by atoms with E-state index in [4.69, 9.17) is 5.11 Å². The van der Waals surface area contributed by atoms with Crippen LogP contribution < -0.4 is 4.74 Å². The second-order valence-electron chi connectivity index (χ2n) is 2.85. The highest BCUT2D eigenvalue weighted by Gasteiger charge is 2.32. The summed E-state index contributed by atoms with van der Waals surface area (Å²) in [5, 5.41) is 8.81. The Morgan fingerprint density at radius 1 is 1.40 bits per heavy atom. The number of benzene rings is 1. The Hall–Kier alpha value is -1.23. The van der Waals surface area contributed by atoms with E-state index in [0.717, 1.165) is 6.61 Å². The largest absolute Gasteiger partial charge is 0.573 e. The van der Waals surface area contributed by atoms with Gasteiger partial charge in [-0.2, -0.15) is 0 Å². The van der Waals surface area contributed by atoms with Gasteiger partial charge in [-0.05, 0) is 18.1 Å². The molecule has 0 saturated carbocycles. The molecule has 2 nitrogen and oxygen atoms in total. The van der Waals surface area contributed by atoms with Gasteiger partial charge in [-0.3, -0.25) is 0 Å². The van der Waals surface area contributed by atoms with Gasteiger partial charge in [0.15, 0.2) is 0 Å². The summed E-state index contributed by atoms with van der Waals surface area (Å²) in [7, 11) is 0. The highest BCUT2D eigenvalue weighted by atomic mass is 19.4. The first-order chi connectivity index (χ1) is 6.98. The third-order valence-electron chi connectivity index (χ3n) is 1.89. The molecule has 0 aliphatic rings. The minimum atomic E-state index is -4.71. The molecule has 0 spiro atoms. The van der Waals surface area contributed by atoms with E-state index in [1.54, 1.807) is 6.92 Å². The molecule has 1 rings (SSSR count). The van der Waals surface area contributed by atoms with Crippen LogP contribution in [0.25, 0.3) is 0 Å². The van der Waals surface area contributed by atoms with E-state index in [1.807, 2.05) is 0 Å². The van der Waals surface area contributed by atoms with E-state index in [2.05, 4.69) is 4.74 Å². The summed E-state index contributed by atoms with van der Waals surface area (Å²) in [6.07, 6.45) is -4.36. The van der Waals surface area contributed by atoms with Gasteiger partial charge in [-0.1, -0.05) is 19.1 Å². The summed E-state index contributed by atoms with van der Waals surface area (Å²) in [5.74, 6) is -0.271. The monoisotopic (exact) mass is 219 g/mol. The summed E-state index contributed by atoms with van der Waals surface area (Å²) in [4.78, 5) is 0. The van der Waals surface area contributed by atoms with Gasteiger partial charge in [0.1, 0.15) is 12.4 Å². The molecule has 0 unspecified atom stereocenters. The van der Waals surface area contributed by atoms with Crippen LogP contribution in [-0.4, -0.2) is 11.5 Å². The van der Waals surface area contributed by atoms with Crippen molar-refractivity contribution in [1.82, 2.24) is 0 Å². The molecule has 5 heteroatoms. The van der Waals surface area contributed by atoms with Crippen LogP contribution in [0.3, 0.4) is 0 Å². The molecule has 1 N–H and O–H groups in total. The van der Waals surface area contributed by atoms with Gasteiger partial charge in [-0.15, -0.1) is 13.2 Å². The van der Waals surface area contributed by atoms with Gasteiger partial charge in [0.2, 0.25) is 0 Å². The molecule has 0 heterocycles. The van der Waals surface area contributed by atoms with Crippen LogP contribution in [0, 0.1) is 6.61 Å². The molecule has 83 valence electrons. The Bertz CT molecular complexity index is 334. The second kappa shape index (κ2) is 4.53. The highest BCUT2D eigenvalue weighted by Crippen LogP contribution is 2.29. The fourth-order valence-corrected chi connectivity index (χ4v) is 1.30. The third kappa shape index (κ3) is 3.13. The third-order valence-corrected chi connectivity index (χ3v) is 1.89. The lowest BCUT2D eigenvalue weighted by atomic mass is 10.0. The van der Waals surface area contributed by atoms with Crippen molar-refractivity contribution >= 4 is 0 Å². The Balaban J connectivity index is 3.06. The number of hydrogen-bond donors (Lipinski definition) is 1. The number of halogens is 3. The minimum absolute atomic E-state index is 0.271. The van der Waals surface area contributed by atoms with Crippen LogP contribution in [0.2, 0.25) is 0 Å². The first-order valence-electron chi connectivity index (χ1n) is 4.33. The maximum atomic E-state index is 12.0. The zero-order valence-corrected chi connectivity index (χ0v) is 8.01. The minimum Gasteiger partial charge on any atom is -0.405 e. The van der Waals surface area contributed by atoms with Crippen LogP contribution in [0.15, 0.2) is 18.2 Å². The van der Waals surface area contributed by atoms with Crippen LogP contribution >= 0.6 is 0 Å². The van der Waals surface area contributed by atoms with Gasteiger partial charge >= 0.3 is 6.36 Å². The molecule has 0 aliphatic heterocycles. The normalized spacial score (nSPS) is 11.5. The molecule has 0 aliphatic carbocycles. The van der Waals surface area contributed by atoms with E-state index < -0.39 is 6.36 Å². The predicted molar refractivity (Wildman–Crippen MR) is 47.8 cm³/mol. The molecule has 0 atom stereocenters. The highest BCUT2D eigenvalue weighted by molar-refractivity contribution is 5.42. The maximum absolute atomic E-state index is 12.0. The van der Waals surface area contributed by atoms with E-state index in [1.165, 1.54) is 18.2 Å². The van der Waals surface area contributed by atoms with Gasteiger partial charge < -0.3 is 9.84 Å². The van der Waals surface area contributed by atoms with Crippen molar-refractivity contribution in [2.24, 2.45) is 0 Å². The lowest BCUT2D eigenvalue weighted by Gasteiger charge is -2.14. The predicted octanol–water partition coefficient (Wildman–Crippen LogP) is 3.03. The molecular weight excluding hydrogens is 209 g/mol. The Kier molecular flexibility index (Phi) is 3.57. The number of alkyl halides is 3. The van der Waals surface area contributed by atoms with E-state index in [9.17, 15) is 13.2 Å². The first kappa shape index (κ1) is 11.8. The van der Waals surface area contributed by atoms with Crippen molar-refractivity contribution in [2.45, 2.75) is 19.7 Å². The molecule has 0 bridgehead atoms. The van der Waals surface area contributed by atoms with E-state index in [-0.39, 0.29) is 5.75 Å². The summed E-state index contributed by atoms with van der Waals surface area (Å²) in [6, 6.07) is 4.13. The van der Waals surface area contributed by atoms with Crippen molar-refractivity contribution in [3.8, 4) is 5.75 Å². The molecule has 1 radical (unpaired) electrons. The molecule has 1 aromatic carbocycles. The van der Waals surface area contributed by atoms with Crippen molar-refractivity contribution < 1.29 is 23.0 Å². The topological polar surface area (TPSA) is 29.5 Å². The van der Waals surface area contributed by atoms with E-state index >= 15 is 0 Å². The SMILES string of the molecule is CCc1c([CH]O)cccc1OC(F)(F)F. The Labute approximate surface area is 85.3 Å². The molecule has 1 aromatic rings. The average molecular weight is 219 g/mol. The van der Waals surface area contributed by atoms with Gasteiger partial charge in [0.05, 0.1) is 0 Å². The van der Waals surface area contributed by atoms with Crippen LogP contribution in [-0.2, 0) is 6.42 Å². The van der Waals surface area contributed by atoms with Crippen LogP contribution in [0.1, 0.15) is 18.1 Å². The number of hydrogen-bond acceptors (Lipinski definition) is 2. The van der Waals surface area contributed by atoms with Crippen LogP contribution in [0.5, 0.6) is 5.75 Å². The number of aliphatic hydroxyl groups excluding tert-OH is 1. The fourth-order valence-electron chi connectivity index (χ4n) is 1.30. The lowest BCUT2D eigenvalue weighted by Crippen LogP contribution is -2.18. The molecule has 0 saturated heterocycles. The van der Waals surface area contributed by atoms with Gasteiger partial charge in [0, 0.05) is 5.56 Å². The zero-order valence-electron chi connectivity index (χ0n) is 8.01. The summed E-state index contributed by atoms with van der Waals surface area (Å²) < 4.78 is 39.8. The quantitative estimate of drug-likeness (QED) is 0.846. The summed E-state index contributed by atoms with van der Waals surface area (Å²) in [6.45, 7) is 2.45. The van der Waals surface area contributed by atoms with Crippen LogP contribution in [0.4, 0.5) is 13.2 Å². The van der Waals surface area contributed by atoms with Crippen molar-refractivity contribution in [2.75, 3.05) is 0 Å².